The Morgan fingerprint density at radius 1 is 1.25 bits per heavy atom. The molecule has 0 saturated carbocycles. The number of hydrogen-bond acceptors (Lipinski definition) is 6. The van der Waals surface area contributed by atoms with Gasteiger partial charge in [0.25, 0.3) is 0 Å². The number of methoxy groups -OCH3 is 1. The van der Waals surface area contributed by atoms with Gasteiger partial charge in [-0.2, -0.15) is 5.26 Å². The van der Waals surface area contributed by atoms with E-state index in [-0.39, 0.29) is 19.2 Å². The average molecular weight is 283 g/mol. The molecular formula is C14H21NO5. The number of nitrogens with zero attached hydrogens (tertiary/aromatic N) is 1. The van der Waals surface area contributed by atoms with Crippen LogP contribution in [0.15, 0.2) is 37.0 Å². The Bertz CT molecular complexity index is 380. The molecule has 112 valence electrons. The predicted octanol–water partition coefficient (Wildman–Crippen LogP) is 1.53. The van der Waals surface area contributed by atoms with Gasteiger partial charge >= 0.3 is 11.9 Å². The van der Waals surface area contributed by atoms with Crippen LogP contribution in [0.25, 0.3) is 0 Å². The summed E-state index contributed by atoms with van der Waals surface area (Å²) in [5.41, 5.74) is 0.783. The van der Waals surface area contributed by atoms with E-state index >= 15 is 0 Å². The summed E-state index contributed by atoms with van der Waals surface area (Å²) in [6.07, 6.45) is 1.18. The van der Waals surface area contributed by atoms with Gasteiger partial charge in [-0.1, -0.05) is 19.7 Å². The SMILES string of the molecule is C=C(C)C(=O)OC.C=C(C)C(=O)OCCO.C=CC#N. The molecule has 6 nitrogen and oxygen atoms in total. The van der Waals surface area contributed by atoms with Crippen molar-refractivity contribution in [3.63, 3.8) is 0 Å². The second-order valence-electron chi connectivity index (χ2n) is 3.24. The fourth-order valence-electron chi connectivity index (χ4n) is 0.436. The van der Waals surface area contributed by atoms with Crippen LogP contribution in [0.5, 0.6) is 0 Å². The molecule has 0 heterocycles. The maximum atomic E-state index is 10.5. The second-order valence-corrected chi connectivity index (χ2v) is 3.24. The molecule has 0 saturated heterocycles. The number of esters is 2. The molecule has 0 aromatic rings. The summed E-state index contributed by atoms with van der Waals surface area (Å²) in [6, 6.07) is 1.69. The van der Waals surface area contributed by atoms with E-state index < -0.39 is 5.97 Å². The molecule has 20 heavy (non-hydrogen) atoms. The third-order valence-electron chi connectivity index (χ3n) is 1.30. The maximum absolute atomic E-state index is 10.5. The maximum Gasteiger partial charge on any atom is 0.333 e. The van der Waals surface area contributed by atoms with Crippen molar-refractivity contribution in [1.82, 2.24) is 0 Å². The number of ether oxygens (including phenoxy) is 2. The highest BCUT2D eigenvalue weighted by Crippen LogP contribution is 1.90. The third kappa shape index (κ3) is 21.0. The third-order valence-corrected chi connectivity index (χ3v) is 1.30. The van der Waals surface area contributed by atoms with Crippen molar-refractivity contribution >= 4 is 11.9 Å². The Labute approximate surface area is 119 Å². The number of rotatable bonds is 4. The molecule has 0 bridgehead atoms. The second kappa shape index (κ2) is 16.6. The fraction of sp³-hybridized carbons (Fsp3) is 0.357. The summed E-state index contributed by atoms with van der Waals surface area (Å²) in [4.78, 5) is 20.7. The largest absolute Gasteiger partial charge is 0.466 e. The molecule has 0 spiro atoms. The summed E-state index contributed by atoms with van der Waals surface area (Å²) in [7, 11) is 1.33. The lowest BCUT2D eigenvalue weighted by Gasteiger charge is -1.99. The van der Waals surface area contributed by atoms with Gasteiger partial charge in [-0.05, 0) is 13.8 Å². The first-order chi connectivity index (χ1) is 9.28. The van der Waals surface area contributed by atoms with Gasteiger partial charge in [0, 0.05) is 17.2 Å². The molecule has 0 radical (unpaired) electrons. The van der Waals surface area contributed by atoms with Gasteiger partial charge in [0.15, 0.2) is 0 Å². The molecule has 0 aliphatic rings. The van der Waals surface area contributed by atoms with E-state index in [9.17, 15) is 9.59 Å². The van der Waals surface area contributed by atoms with E-state index in [0.717, 1.165) is 0 Å². The zero-order valence-electron chi connectivity index (χ0n) is 12.1. The number of aliphatic hydroxyl groups is 1. The summed E-state index contributed by atoms with van der Waals surface area (Å²) < 4.78 is 8.74. The van der Waals surface area contributed by atoms with Gasteiger partial charge in [-0.25, -0.2) is 9.59 Å². The first-order valence-electron chi connectivity index (χ1n) is 5.46. The van der Waals surface area contributed by atoms with Crippen LogP contribution in [0.3, 0.4) is 0 Å². The van der Waals surface area contributed by atoms with Crippen molar-refractivity contribution in [2.24, 2.45) is 0 Å². The lowest BCUT2D eigenvalue weighted by atomic mass is 10.4. The van der Waals surface area contributed by atoms with Crippen LogP contribution in [0.1, 0.15) is 13.8 Å². The van der Waals surface area contributed by atoms with Crippen molar-refractivity contribution in [3.05, 3.63) is 37.0 Å². The number of nitriles is 1. The monoisotopic (exact) mass is 283 g/mol. The van der Waals surface area contributed by atoms with Crippen LogP contribution >= 0.6 is 0 Å². The topological polar surface area (TPSA) is 96.6 Å². The molecule has 0 aromatic carbocycles. The summed E-state index contributed by atoms with van der Waals surface area (Å²) in [5, 5.41) is 15.7. The van der Waals surface area contributed by atoms with Crippen LogP contribution < -0.4 is 0 Å². The molecule has 0 aromatic heterocycles. The Hall–Kier alpha value is -2.39. The molecule has 0 aliphatic carbocycles. The van der Waals surface area contributed by atoms with E-state index in [2.05, 4.69) is 29.2 Å². The van der Waals surface area contributed by atoms with Gasteiger partial charge in [-0.3, -0.25) is 0 Å². The Morgan fingerprint density at radius 3 is 1.80 bits per heavy atom. The number of carbonyl (C=O) groups is 2. The van der Waals surface area contributed by atoms with Crippen molar-refractivity contribution in [3.8, 4) is 6.07 Å². The quantitative estimate of drug-likeness (QED) is 0.477. The highest BCUT2D eigenvalue weighted by Gasteiger charge is 1.99. The molecular weight excluding hydrogens is 262 g/mol. The Morgan fingerprint density at radius 2 is 1.65 bits per heavy atom. The minimum Gasteiger partial charge on any atom is -0.466 e. The number of carbonyl (C=O) groups excluding carboxylic acids is 2. The summed E-state index contributed by atoms with van der Waals surface area (Å²) >= 11 is 0. The van der Waals surface area contributed by atoms with Gasteiger partial charge in [0.1, 0.15) is 6.61 Å². The Kier molecular flexibility index (Phi) is 18.9. The van der Waals surface area contributed by atoms with E-state index in [1.54, 1.807) is 19.9 Å². The summed E-state index contributed by atoms with van der Waals surface area (Å²) in [6.45, 7) is 12.9. The molecule has 0 unspecified atom stereocenters. The van der Waals surface area contributed by atoms with Crippen LogP contribution in [-0.2, 0) is 19.1 Å². The normalized spacial score (nSPS) is 7.35. The first-order valence-corrected chi connectivity index (χ1v) is 5.46. The minimum atomic E-state index is -0.455. The zero-order valence-corrected chi connectivity index (χ0v) is 12.1. The molecule has 0 aliphatic heterocycles. The fourth-order valence-corrected chi connectivity index (χ4v) is 0.436. The molecule has 6 heteroatoms. The minimum absolute atomic E-state index is 0.0473. The van der Waals surface area contributed by atoms with Crippen molar-refractivity contribution < 1.29 is 24.2 Å². The zero-order chi connectivity index (χ0) is 16.6. The van der Waals surface area contributed by atoms with E-state index in [1.807, 2.05) is 0 Å². The van der Waals surface area contributed by atoms with Crippen molar-refractivity contribution in [1.29, 1.82) is 5.26 Å². The van der Waals surface area contributed by atoms with Gasteiger partial charge in [0.2, 0.25) is 0 Å². The van der Waals surface area contributed by atoms with Gasteiger partial charge in [-0.15, -0.1) is 0 Å². The van der Waals surface area contributed by atoms with Crippen LogP contribution in [-0.4, -0.2) is 37.4 Å². The molecule has 0 rings (SSSR count). The molecule has 1 N–H and O–H groups in total. The van der Waals surface area contributed by atoms with Crippen LogP contribution in [0, 0.1) is 11.3 Å². The molecule has 0 atom stereocenters. The van der Waals surface area contributed by atoms with Crippen LogP contribution in [0.2, 0.25) is 0 Å². The van der Waals surface area contributed by atoms with Crippen LogP contribution in [0.4, 0.5) is 0 Å². The number of hydrogen-bond donors (Lipinski definition) is 1. The first kappa shape index (κ1) is 22.8. The smallest absolute Gasteiger partial charge is 0.333 e. The standard InChI is InChI=1S/C6H10O3.C5H8O2.C3H3N/c1-5(2)6(8)9-4-3-7;1-4(2)5(6)7-3;1-2-3-4/h7H,1,3-4H2,2H3;1H2,2-3H3;2H,1H2. The van der Waals surface area contributed by atoms with Gasteiger partial charge in [0.05, 0.1) is 19.8 Å². The van der Waals surface area contributed by atoms with Crippen molar-refractivity contribution in [2.45, 2.75) is 13.8 Å². The average Bonchev–Trinajstić information content (AvgIpc) is 2.44. The van der Waals surface area contributed by atoms with E-state index in [0.29, 0.717) is 11.1 Å². The number of allylic oxidation sites excluding steroid dienone is 1. The highest BCUT2D eigenvalue weighted by molar-refractivity contribution is 5.87. The number of aliphatic hydroxyl groups excluding tert-OH is 1. The predicted molar refractivity (Wildman–Crippen MR) is 75.5 cm³/mol. The molecule has 0 amide bonds. The Balaban J connectivity index is -0.000000234. The lowest BCUT2D eigenvalue weighted by Crippen LogP contribution is -2.08. The van der Waals surface area contributed by atoms with E-state index in [4.69, 9.17) is 10.4 Å². The van der Waals surface area contributed by atoms with Gasteiger partial charge < -0.3 is 14.6 Å². The summed E-state index contributed by atoms with van der Waals surface area (Å²) in [5.74, 6) is -0.802. The van der Waals surface area contributed by atoms with Crippen molar-refractivity contribution in [2.75, 3.05) is 20.3 Å². The lowest BCUT2D eigenvalue weighted by molar-refractivity contribution is -0.140. The van der Waals surface area contributed by atoms with E-state index in [1.165, 1.54) is 13.2 Å². The highest BCUT2D eigenvalue weighted by atomic mass is 16.5. The molecule has 0 fully saturated rings.